The number of nitrogens with zero attached hydrogens (tertiary/aromatic N) is 1. The summed E-state index contributed by atoms with van der Waals surface area (Å²) in [5.41, 5.74) is -0.490. The highest BCUT2D eigenvalue weighted by atomic mass is 16.7. The van der Waals surface area contributed by atoms with Crippen LogP contribution < -0.4 is 5.32 Å². The number of carbonyl (C=O) groups is 1. The van der Waals surface area contributed by atoms with Crippen molar-refractivity contribution >= 4 is 5.91 Å². The van der Waals surface area contributed by atoms with E-state index in [1.165, 1.54) is 32.1 Å². The van der Waals surface area contributed by atoms with Gasteiger partial charge in [0.05, 0.1) is 24.9 Å². The number of unbranched alkanes of at least 4 members (excludes halogenated alkanes) is 1. The molecule has 1 saturated heterocycles. The number of fused-ring (bicyclic) bond motifs is 2. The molecule has 258 valence electrons. The average molecular weight is 631 g/mol. The van der Waals surface area contributed by atoms with Gasteiger partial charge in [0.1, 0.15) is 5.72 Å². The zero-order chi connectivity index (χ0) is 32.8. The lowest BCUT2D eigenvalue weighted by Gasteiger charge is -2.59. The van der Waals surface area contributed by atoms with Crippen LogP contribution in [0.25, 0.3) is 0 Å². The third-order valence-corrected chi connectivity index (χ3v) is 15.4. The second kappa shape index (κ2) is 11.4. The van der Waals surface area contributed by atoms with E-state index in [1.807, 2.05) is 39.6 Å². The Morgan fingerprint density at radius 1 is 1.07 bits per heavy atom. The van der Waals surface area contributed by atoms with Crippen molar-refractivity contribution in [2.24, 2.45) is 57.2 Å². The minimum Gasteiger partial charge on any atom is -0.390 e. The third kappa shape index (κ3) is 5.09. The Labute approximate surface area is 273 Å². The Balaban J connectivity index is 1.18. The van der Waals surface area contributed by atoms with Gasteiger partial charge in [0.2, 0.25) is 5.91 Å². The molecule has 0 aromatic carbocycles. The molecule has 0 aromatic rings. The minimum atomic E-state index is -0.808. The van der Waals surface area contributed by atoms with Crippen LogP contribution in [0.3, 0.4) is 0 Å². The normalized spacial score (nSPS) is 47.1. The summed E-state index contributed by atoms with van der Waals surface area (Å²) in [7, 11) is 1.97. The van der Waals surface area contributed by atoms with Crippen LogP contribution in [-0.4, -0.2) is 71.5 Å². The van der Waals surface area contributed by atoms with E-state index in [-0.39, 0.29) is 41.0 Å². The smallest absolute Gasteiger partial charge is 0.225 e. The molecule has 1 heterocycles. The number of amides is 1. The molecule has 45 heavy (non-hydrogen) atoms. The first-order valence-corrected chi connectivity index (χ1v) is 18.7. The third-order valence-electron chi connectivity index (χ3n) is 15.4. The largest absolute Gasteiger partial charge is 0.390 e. The van der Waals surface area contributed by atoms with E-state index in [4.69, 9.17) is 9.47 Å². The number of hydrogen-bond acceptors (Lipinski definition) is 6. The molecule has 0 bridgehead atoms. The SMILES string of the molecule is CNC1(O)CC2C3CCC4C(C)(C)C(OC5CN(C(=O)C(C)C)CCO5)CCC45C(C)C35CCC2(C)C1CCCCC(C)(C)O. The average Bonchev–Trinajstić information content (AvgIpc) is 3.41. The van der Waals surface area contributed by atoms with Crippen molar-refractivity contribution < 1.29 is 24.5 Å². The number of aliphatic hydroxyl groups is 2. The maximum Gasteiger partial charge on any atom is 0.225 e. The fraction of sp³-hybridized carbons (Fsp3) is 0.974. The van der Waals surface area contributed by atoms with Crippen LogP contribution >= 0.6 is 0 Å². The van der Waals surface area contributed by atoms with Crippen LogP contribution in [0.4, 0.5) is 0 Å². The van der Waals surface area contributed by atoms with Crippen molar-refractivity contribution in [1.82, 2.24) is 10.2 Å². The van der Waals surface area contributed by atoms with Gasteiger partial charge in [0, 0.05) is 18.4 Å². The summed E-state index contributed by atoms with van der Waals surface area (Å²) in [5, 5.41) is 25.9. The van der Waals surface area contributed by atoms with Gasteiger partial charge in [0.15, 0.2) is 6.29 Å². The monoisotopic (exact) mass is 630 g/mol. The van der Waals surface area contributed by atoms with E-state index in [9.17, 15) is 15.0 Å². The molecule has 7 heteroatoms. The summed E-state index contributed by atoms with van der Waals surface area (Å²) in [6, 6.07) is 0. The van der Waals surface area contributed by atoms with E-state index < -0.39 is 11.3 Å². The van der Waals surface area contributed by atoms with Gasteiger partial charge >= 0.3 is 0 Å². The number of nitrogens with one attached hydrogen (secondary N) is 1. The molecule has 5 aliphatic carbocycles. The van der Waals surface area contributed by atoms with Crippen molar-refractivity contribution in [2.45, 2.75) is 150 Å². The Kier molecular flexibility index (Phi) is 8.67. The molecular weight excluding hydrogens is 564 g/mol. The van der Waals surface area contributed by atoms with Crippen molar-refractivity contribution in [3.05, 3.63) is 0 Å². The van der Waals surface area contributed by atoms with Crippen molar-refractivity contribution in [3.63, 3.8) is 0 Å². The lowest BCUT2D eigenvalue weighted by atomic mass is 9.46. The molecule has 11 atom stereocenters. The van der Waals surface area contributed by atoms with Gasteiger partial charge in [-0.2, -0.15) is 0 Å². The molecule has 1 aliphatic heterocycles. The summed E-state index contributed by atoms with van der Waals surface area (Å²) < 4.78 is 12.9. The summed E-state index contributed by atoms with van der Waals surface area (Å²) in [6.45, 7) is 19.5. The van der Waals surface area contributed by atoms with E-state index >= 15 is 0 Å². The molecule has 2 spiro atoms. The first-order chi connectivity index (χ1) is 21.0. The number of rotatable bonds is 9. The molecule has 0 radical (unpaired) electrons. The second-order valence-electron chi connectivity index (χ2n) is 18.4. The number of hydrogen-bond donors (Lipinski definition) is 3. The predicted molar refractivity (Wildman–Crippen MR) is 177 cm³/mol. The Hall–Kier alpha value is -0.730. The number of morpholine rings is 1. The number of ether oxygens (including phenoxy) is 2. The topological polar surface area (TPSA) is 91.3 Å². The maximum absolute atomic E-state index is 12.7. The first kappa shape index (κ1) is 34.1. The minimum absolute atomic E-state index is 0.00674. The highest BCUT2D eigenvalue weighted by molar-refractivity contribution is 5.78. The molecule has 6 fully saturated rings. The Morgan fingerprint density at radius 3 is 2.47 bits per heavy atom. The van der Waals surface area contributed by atoms with Crippen LogP contribution in [0.5, 0.6) is 0 Å². The van der Waals surface area contributed by atoms with Crippen LogP contribution in [0.1, 0.15) is 126 Å². The van der Waals surface area contributed by atoms with Crippen molar-refractivity contribution in [2.75, 3.05) is 26.7 Å². The quantitative estimate of drug-likeness (QED) is 0.203. The lowest BCUT2D eigenvalue weighted by molar-refractivity contribution is -0.245. The molecule has 7 nitrogen and oxygen atoms in total. The van der Waals surface area contributed by atoms with Gasteiger partial charge in [-0.05, 0) is 124 Å². The maximum atomic E-state index is 12.7. The summed E-state index contributed by atoms with van der Waals surface area (Å²) in [4.78, 5) is 14.7. The molecular formula is C38H66N2O5. The highest BCUT2D eigenvalue weighted by Crippen LogP contribution is 2.89. The van der Waals surface area contributed by atoms with Crippen molar-refractivity contribution in [1.29, 1.82) is 0 Å². The van der Waals surface area contributed by atoms with Gasteiger partial charge in [-0.3, -0.25) is 10.1 Å². The van der Waals surface area contributed by atoms with Gasteiger partial charge < -0.3 is 24.6 Å². The van der Waals surface area contributed by atoms with Crippen molar-refractivity contribution in [3.8, 4) is 0 Å². The number of carbonyl (C=O) groups excluding carboxylic acids is 1. The predicted octanol–water partition coefficient (Wildman–Crippen LogP) is 6.36. The van der Waals surface area contributed by atoms with E-state index in [2.05, 4.69) is 33.0 Å². The zero-order valence-electron chi connectivity index (χ0n) is 30.1. The molecule has 6 rings (SSSR count). The fourth-order valence-corrected chi connectivity index (χ4v) is 13.2. The van der Waals surface area contributed by atoms with Crippen LogP contribution in [-0.2, 0) is 14.3 Å². The Bertz CT molecular complexity index is 1120. The summed E-state index contributed by atoms with van der Waals surface area (Å²) in [6.07, 6.45) is 11.9. The molecule has 1 amide bonds. The van der Waals surface area contributed by atoms with Gasteiger partial charge in [-0.25, -0.2) is 0 Å². The highest BCUT2D eigenvalue weighted by Gasteiger charge is 2.85. The van der Waals surface area contributed by atoms with E-state index in [0.717, 1.165) is 38.5 Å². The van der Waals surface area contributed by atoms with E-state index in [0.29, 0.717) is 54.2 Å². The second-order valence-corrected chi connectivity index (χ2v) is 18.4. The van der Waals surface area contributed by atoms with Gasteiger partial charge in [-0.1, -0.05) is 54.4 Å². The van der Waals surface area contributed by atoms with E-state index in [1.54, 1.807) is 0 Å². The zero-order valence-corrected chi connectivity index (χ0v) is 30.1. The summed E-state index contributed by atoms with van der Waals surface area (Å²) in [5.74, 6) is 2.99. The Morgan fingerprint density at radius 2 is 1.80 bits per heavy atom. The molecule has 6 aliphatic rings. The van der Waals surface area contributed by atoms with Crippen LogP contribution in [0, 0.1) is 57.2 Å². The molecule has 11 unspecified atom stereocenters. The lowest BCUT2D eigenvalue weighted by Crippen LogP contribution is -2.56. The molecule has 0 aromatic heterocycles. The standard InChI is InChI=1S/C38H66N2O5/c1-24(2)32(41)40-20-21-44-31(23-40)45-30-15-17-37-25(3)36(37)19-18-35(8)27(26(36)13-14-28(37)34(30,6)7)22-38(43,39-9)29(35)12-10-11-16-33(4,5)42/h24-31,39,42-43H,10-23H2,1-9H3. The first-order valence-electron chi connectivity index (χ1n) is 18.7. The fourth-order valence-electron chi connectivity index (χ4n) is 13.2. The van der Waals surface area contributed by atoms with Crippen LogP contribution in [0.2, 0.25) is 0 Å². The molecule has 5 saturated carbocycles. The van der Waals surface area contributed by atoms with Gasteiger partial charge in [0.25, 0.3) is 0 Å². The van der Waals surface area contributed by atoms with Gasteiger partial charge in [-0.15, -0.1) is 0 Å². The molecule has 3 N–H and O–H groups in total. The van der Waals surface area contributed by atoms with Crippen LogP contribution in [0.15, 0.2) is 0 Å². The summed E-state index contributed by atoms with van der Waals surface area (Å²) >= 11 is 0.